The van der Waals surface area contributed by atoms with E-state index in [1.807, 2.05) is 32.2 Å². The Morgan fingerprint density at radius 3 is 2.63 bits per heavy atom. The number of aliphatic imine (C=N–C) groups is 1. The summed E-state index contributed by atoms with van der Waals surface area (Å²) in [6, 6.07) is 12.6. The largest absolute Gasteiger partial charge is 0.377 e. The molecule has 2 N–H and O–H groups in total. The second kappa shape index (κ2) is 15.6. The number of carbonyl (C=O) groups excluding carboxylic acids is 2. The zero-order valence-corrected chi connectivity index (χ0v) is 30.0. The predicted molar refractivity (Wildman–Crippen MR) is 189 cm³/mol. The number of aryl methyl sites for hydroxylation is 1. The highest BCUT2D eigenvalue weighted by Crippen LogP contribution is 2.36. The van der Waals surface area contributed by atoms with Crippen LogP contribution in [0, 0.1) is 13.8 Å². The van der Waals surface area contributed by atoms with Gasteiger partial charge in [-0.15, -0.1) is 0 Å². The number of hydrogen-bond donors (Lipinski definition) is 2. The maximum Gasteiger partial charge on any atom is 0.263 e. The van der Waals surface area contributed by atoms with Crippen molar-refractivity contribution < 1.29 is 27.3 Å². The van der Waals surface area contributed by atoms with E-state index in [2.05, 4.69) is 22.1 Å². The highest BCUT2D eigenvalue weighted by atomic mass is 32.2. The number of piperidine rings is 1. The van der Waals surface area contributed by atoms with Crippen molar-refractivity contribution in [1.82, 2.24) is 20.3 Å². The minimum atomic E-state index is -4.04. The number of nitrogens with zero attached hydrogens (tertiary/aromatic N) is 4. The molecular formula is C36H48N6O6S. The monoisotopic (exact) mass is 692 g/mol. The zero-order chi connectivity index (χ0) is 35.2. The quantitative estimate of drug-likeness (QED) is 0.221. The normalized spacial score (nSPS) is 18.0. The summed E-state index contributed by atoms with van der Waals surface area (Å²) in [6.45, 7) is 10.0. The summed E-state index contributed by atoms with van der Waals surface area (Å²) >= 11 is 0. The van der Waals surface area contributed by atoms with Crippen LogP contribution in [0.1, 0.15) is 74.8 Å². The number of amidine groups is 1. The lowest BCUT2D eigenvalue weighted by molar-refractivity contribution is -0.138. The fourth-order valence-electron chi connectivity index (χ4n) is 6.46. The molecule has 0 radical (unpaired) electrons. The van der Waals surface area contributed by atoms with E-state index in [0.717, 1.165) is 36.2 Å². The average molecular weight is 693 g/mol. The molecule has 1 atom stereocenters. The number of likely N-dealkylation sites (tertiary alicyclic amines) is 1. The van der Waals surface area contributed by atoms with Gasteiger partial charge in [0.2, 0.25) is 5.91 Å². The third-order valence-corrected chi connectivity index (χ3v) is 10.7. The van der Waals surface area contributed by atoms with Crippen molar-refractivity contribution in [2.45, 2.75) is 89.8 Å². The van der Waals surface area contributed by atoms with Crippen molar-refractivity contribution in [3.63, 3.8) is 0 Å². The lowest BCUT2D eigenvalue weighted by Crippen LogP contribution is -2.54. The minimum Gasteiger partial charge on any atom is -0.377 e. The van der Waals surface area contributed by atoms with E-state index in [1.165, 1.54) is 0 Å². The van der Waals surface area contributed by atoms with Gasteiger partial charge in [-0.3, -0.25) is 24.2 Å². The number of sulfonamides is 1. The van der Waals surface area contributed by atoms with Crippen LogP contribution < -0.4 is 10.0 Å². The molecule has 264 valence electrons. The van der Waals surface area contributed by atoms with Gasteiger partial charge < -0.3 is 19.5 Å². The van der Waals surface area contributed by atoms with Crippen molar-refractivity contribution in [3.05, 3.63) is 64.9 Å². The van der Waals surface area contributed by atoms with Gasteiger partial charge >= 0.3 is 0 Å². The Kier molecular flexibility index (Phi) is 11.6. The van der Waals surface area contributed by atoms with Crippen LogP contribution in [0.5, 0.6) is 0 Å². The number of rotatable bonds is 15. The topological polar surface area (TPSA) is 146 Å². The summed E-state index contributed by atoms with van der Waals surface area (Å²) < 4.78 is 41.0. The summed E-state index contributed by atoms with van der Waals surface area (Å²) in [5.74, 6) is 1.40. The molecule has 0 aliphatic carbocycles. The van der Waals surface area contributed by atoms with Crippen LogP contribution in [0.25, 0.3) is 11.1 Å². The first-order chi connectivity index (χ1) is 23.5. The molecule has 0 saturated carbocycles. The van der Waals surface area contributed by atoms with Crippen LogP contribution in [0.15, 0.2) is 56.9 Å². The highest BCUT2D eigenvalue weighted by Gasteiger charge is 2.50. The third kappa shape index (κ3) is 7.89. The Morgan fingerprint density at radius 2 is 1.92 bits per heavy atom. The predicted octanol–water partition coefficient (Wildman–Crippen LogP) is 5.20. The number of benzene rings is 2. The molecule has 2 aliphatic heterocycles. The first kappa shape index (κ1) is 36.2. The smallest absolute Gasteiger partial charge is 0.263 e. The van der Waals surface area contributed by atoms with Gasteiger partial charge in [0.1, 0.15) is 11.6 Å². The molecule has 2 aromatic carbocycles. The second-order valence-electron chi connectivity index (χ2n) is 12.8. The fraction of sp³-hybridized carbons (Fsp3) is 0.500. The van der Waals surface area contributed by atoms with E-state index in [9.17, 15) is 18.0 Å². The van der Waals surface area contributed by atoms with E-state index in [4.69, 9.17) is 14.3 Å². The Hall–Kier alpha value is -4.07. The van der Waals surface area contributed by atoms with E-state index in [0.29, 0.717) is 74.5 Å². The number of anilines is 1. The molecule has 0 bridgehead atoms. The second-order valence-corrected chi connectivity index (χ2v) is 14.4. The van der Waals surface area contributed by atoms with Crippen molar-refractivity contribution in [1.29, 1.82) is 0 Å². The number of unbranched alkanes of at least 4 members (excludes halogenated alkanes) is 1. The van der Waals surface area contributed by atoms with Crippen LogP contribution in [-0.2, 0) is 37.5 Å². The molecule has 1 unspecified atom stereocenters. The summed E-state index contributed by atoms with van der Waals surface area (Å²) in [4.78, 5) is 36.0. The van der Waals surface area contributed by atoms with E-state index < -0.39 is 15.6 Å². The number of amides is 2. The molecule has 12 nitrogen and oxygen atoms in total. The molecule has 1 spiro atoms. The Morgan fingerprint density at radius 1 is 1.12 bits per heavy atom. The van der Waals surface area contributed by atoms with Crippen LogP contribution in [0.4, 0.5) is 5.82 Å². The molecule has 2 amide bonds. The number of hydrogen-bond acceptors (Lipinski definition) is 9. The standard InChI is InChI=1S/C36H48N6O6S/c1-6-8-14-32-38-36(18-11-20-41(24-36)33(43)17-19-37-5)35(44)42(32)22-27-15-16-29(28(21-27)23-47-7-2)30-12-9-10-13-31(30)49(45,46)40-34-25(3)26(4)48-39-34/h9-10,12-13,15-16,21,37H,6-8,11,14,17-20,22-24H2,1-5H3,(H,39,40). The Labute approximate surface area is 289 Å². The first-order valence-corrected chi connectivity index (χ1v) is 18.6. The van der Waals surface area contributed by atoms with E-state index >= 15 is 0 Å². The summed E-state index contributed by atoms with van der Waals surface area (Å²) in [7, 11) is -2.22. The van der Waals surface area contributed by atoms with Crippen LogP contribution in [-0.4, -0.2) is 79.9 Å². The Balaban J connectivity index is 1.46. The molecule has 5 rings (SSSR count). The lowest BCUT2D eigenvalue weighted by Gasteiger charge is -2.37. The van der Waals surface area contributed by atoms with Crippen LogP contribution in [0.2, 0.25) is 0 Å². The molecule has 13 heteroatoms. The lowest BCUT2D eigenvalue weighted by atomic mass is 9.88. The molecule has 1 saturated heterocycles. The number of nitrogens with one attached hydrogen (secondary N) is 2. The van der Waals surface area contributed by atoms with Crippen LogP contribution >= 0.6 is 0 Å². The molecule has 49 heavy (non-hydrogen) atoms. The van der Waals surface area contributed by atoms with Gasteiger partial charge in [0, 0.05) is 43.7 Å². The van der Waals surface area contributed by atoms with Gasteiger partial charge in [-0.2, -0.15) is 0 Å². The molecular weight excluding hydrogens is 644 g/mol. The van der Waals surface area contributed by atoms with Gasteiger partial charge in [-0.1, -0.05) is 54.9 Å². The van der Waals surface area contributed by atoms with Crippen molar-refractivity contribution >= 4 is 33.5 Å². The summed E-state index contributed by atoms with van der Waals surface area (Å²) in [5.41, 5.74) is 2.54. The summed E-state index contributed by atoms with van der Waals surface area (Å²) in [6.07, 6.45) is 4.23. The number of carbonyl (C=O) groups is 2. The number of ether oxygens (including phenoxy) is 1. The third-order valence-electron chi connectivity index (χ3n) is 9.29. The average Bonchev–Trinajstić information content (AvgIpc) is 3.54. The molecule has 1 aromatic heterocycles. The van der Waals surface area contributed by atoms with Gasteiger partial charge in [0.15, 0.2) is 11.4 Å². The van der Waals surface area contributed by atoms with Crippen molar-refractivity contribution in [2.24, 2.45) is 4.99 Å². The number of aromatic nitrogens is 1. The maximum atomic E-state index is 14.3. The van der Waals surface area contributed by atoms with Gasteiger partial charge in [0.05, 0.1) is 24.6 Å². The van der Waals surface area contributed by atoms with E-state index in [1.54, 1.807) is 47.9 Å². The fourth-order valence-corrected chi connectivity index (χ4v) is 7.74. The van der Waals surface area contributed by atoms with Crippen LogP contribution in [0.3, 0.4) is 0 Å². The molecule has 3 heterocycles. The van der Waals surface area contributed by atoms with E-state index in [-0.39, 0.29) is 29.1 Å². The van der Waals surface area contributed by atoms with Gasteiger partial charge in [-0.05, 0) is 69.8 Å². The Bertz CT molecular complexity index is 1800. The molecule has 1 fully saturated rings. The SMILES string of the molecule is CCCCC1=NC2(CCCN(C(=O)CCNC)C2)C(=O)N1Cc1ccc(-c2ccccc2S(=O)(=O)Nc2noc(C)c2C)c(COCC)c1. The highest BCUT2D eigenvalue weighted by molar-refractivity contribution is 7.92. The molecule has 3 aromatic rings. The van der Waals surface area contributed by atoms with Crippen molar-refractivity contribution in [2.75, 3.05) is 38.0 Å². The minimum absolute atomic E-state index is 0.0323. The summed E-state index contributed by atoms with van der Waals surface area (Å²) in [5, 5.41) is 6.91. The first-order valence-electron chi connectivity index (χ1n) is 17.1. The van der Waals surface area contributed by atoms with Gasteiger partial charge in [0.25, 0.3) is 15.9 Å². The molecule has 2 aliphatic rings. The zero-order valence-electron chi connectivity index (χ0n) is 29.2. The van der Waals surface area contributed by atoms with Crippen molar-refractivity contribution in [3.8, 4) is 11.1 Å². The maximum absolute atomic E-state index is 14.3. The van der Waals surface area contributed by atoms with Gasteiger partial charge in [-0.25, -0.2) is 8.42 Å².